The van der Waals surface area contributed by atoms with Crippen LogP contribution in [0.25, 0.3) is 0 Å². The quantitative estimate of drug-likeness (QED) is 0.794. The molecule has 1 aliphatic heterocycles. The number of likely N-dealkylation sites (N-methyl/N-ethyl adjacent to an activating group) is 1. The van der Waals surface area contributed by atoms with Crippen molar-refractivity contribution in [2.75, 3.05) is 44.8 Å². The molecule has 2 rings (SSSR count). The zero-order valence-corrected chi connectivity index (χ0v) is 12.3. The predicted octanol–water partition coefficient (Wildman–Crippen LogP) is 1.23. The van der Waals surface area contributed by atoms with Crippen LogP contribution in [0.3, 0.4) is 0 Å². The van der Waals surface area contributed by atoms with E-state index in [1.807, 2.05) is 18.2 Å². The lowest BCUT2D eigenvalue weighted by atomic mass is 10.2. The van der Waals surface area contributed by atoms with Crippen LogP contribution in [0, 0.1) is 0 Å². The van der Waals surface area contributed by atoms with Crippen molar-refractivity contribution < 1.29 is 4.79 Å². The number of likely N-dealkylation sites (tertiary alicyclic amines) is 1. The molecule has 0 spiro atoms. The Morgan fingerprint density at radius 3 is 2.90 bits per heavy atom. The number of amides is 1. The molecule has 20 heavy (non-hydrogen) atoms. The fraction of sp³-hybridized carbons (Fsp3) is 0.533. The Morgan fingerprint density at radius 2 is 2.20 bits per heavy atom. The van der Waals surface area contributed by atoms with E-state index in [2.05, 4.69) is 29.2 Å². The predicted molar refractivity (Wildman–Crippen MR) is 82.6 cm³/mol. The van der Waals surface area contributed by atoms with Crippen molar-refractivity contribution in [2.45, 2.75) is 18.9 Å². The molecule has 0 bridgehead atoms. The number of nitrogen functional groups attached to an aromatic ring is 1. The second kappa shape index (κ2) is 6.72. The summed E-state index contributed by atoms with van der Waals surface area (Å²) in [7, 11) is 4.14. The Balaban J connectivity index is 1.89. The maximum Gasteiger partial charge on any atom is 0.238 e. The molecular weight excluding hydrogens is 252 g/mol. The number of anilines is 2. The highest BCUT2D eigenvalue weighted by molar-refractivity contribution is 5.95. The number of nitrogens with one attached hydrogen (secondary N) is 1. The van der Waals surface area contributed by atoms with E-state index in [1.54, 1.807) is 6.07 Å². The van der Waals surface area contributed by atoms with Gasteiger partial charge >= 0.3 is 0 Å². The summed E-state index contributed by atoms with van der Waals surface area (Å²) < 4.78 is 0. The fourth-order valence-electron chi connectivity index (χ4n) is 2.72. The van der Waals surface area contributed by atoms with Crippen LogP contribution in [0.15, 0.2) is 24.3 Å². The first kappa shape index (κ1) is 14.8. The zero-order chi connectivity index (χ0) is 14.5. The van der Waals surface area contributed by atoms with Crippen LogP contribution >= 0.6 is 0 Å². The van der Waals surface area contributed by atoms with Gasteiger partial charge in [0.15, 0.2) is 0 Å². The number of hydrogen-bond acceptors (Lipinski definition) is 4. The fourth-order valence-corrected chi connectivity index (χ4v) is 2.72. The van der Waals surface area contributed by atoms with Crippen LogP contribution in [-0.2, 0) is 4.79 Å². The molecule has 1 aromatic carbocycles. The Bertz CT molecular complexity index is 461. The monoisotopic (exact) mass is 276 g/mol. The lowest BCUT2D eigenvalue weighted by molar-refractivity contribution is -0.117. The third-order valence-corrected chi connectivity index (χ3v) is 3.66. The second-order valence-electron chi connectivity index (χ2n) is 5.66. The van der Waals surface area contributed by atoms with Gasteiger partial charge in [0, 0.05) is 12.6 Å². The van der Waals surface area contributed by atoms with Crippen LogP contribution < -0.4 is 11.1 Å². The van der Waals surface area contributed by atoms with Gasteiger partial charge in [-0.15, -0.1) is 0 Å². The molecule has 1 atom stereocenters. The molecule has 110 valence electrons. The van der Waals surface area contributed by atoms with Crippen molar-refractivity contribution in [3.05, 3.63) is 24.3 Å². The Hall–Kier alpha value is -1.59. The molecule has 1 saturated heterocycles. The second-order valence-corrected chi connectivity index (χ2v) is 5.66. The smallest absolute Gasteiger partial charge is 0.238 e. The van der Waals surface area contributed by atoms with Crippen LogP contribution in [-0.4, -0.2) is 55.5 Å². The maximum absolute atomic E-state index is 12.1. The average molecular weight is 276 g/mol. The van der Waals surface area contributed by atoms with Gasteiger partial charge in [0.1, 0.15) is 0 Å². The molecule has 5 heteroatoms. The molecule has 0 aliphatic carbocycles. The number of hydrogen-bond donors (Lipinski definition) is 2. The van der Waals surface area contributed by atoms with Gasteiger partial charge in [-0.25, -0.2) is 0 Å². The molecule has 1 amide bonds. The largest absolute Gasteiger partial charge is 0.397 e. The standard InChI is InChI=1S/C15H24N4O/c1-18(2)10-12-6-5-9-19(12)11-15(20)17-14-8-4-3-7-13(14)16/h3-4,7-8,12H,5-6,9-11,16H2,1-2H3,(H,17,20). The first-order valence-electron chi connectivity index (χ1n) is 7.09. The van der Waals surface area contributed by atoms with Gasteiger partial charge in [-0.05, 0) is 45.6 Å². The van der Waals surface area contributed by atoms with E-state index in [-0.39, 0.29) is 5.91 Å². The van der Waals surface area contributed by atoms with E-state index in [0.29, 0.717) is 24.0 Å². The minimum atomic E-state index is 0.00792. The lowest BCUT2D eigenvalue weighted by Crippen LogP contribution is -2.41. The number of rotatable bonds is 5. The molecule has 1 aromatic rings. The van der Waals surface area contributed by atoms with Gasteiger partial charge in [0.2, 0.25) is 5.91 Å². The summed E-state index contributed by atoms with van der Waals surface area (Å²) in [5.41, 5.74) is 7.13. The zero-order valence-electron chi connectivity index (χ0n) is 12.3. The van der Waals surface area contributed by atoms with Gasteiger partial charge in [0.25, 0.3) is 0 Å². The first-order valence-corrected chi connectivity index (χ1v) is 7.09. The molecule has 5 nitrogen and oxygen atoms in total. The van der Waals surface area contributed by atoms with Crippen LogP contribution in [0.4, 0.5) is 11.4 Å². The van der Waals surface area contributed by atoms with E-state index in [4.69, 9.17) is 5.73 Å². The molecule has 1 aliphatic rings. The molecule has 1 heterocycles. The summed E-state index contributed by atoms with van der Waals surface area (Å²) >= 11 is 0. The Kier molecular flexibility index (Phi) is 4.98. The maximum atomic E-state index is 12.1. The van der Waals surface area contributed by atoms with Crippen LogP contribution in [0.1, 0.15) is 12.8 Å². The minimum absolute atomic E-state index is 0.00792. The number of para-hydroxylation sites is 2. The average Bonchev–Trinajstić information content (AvgIpc) is 2.78. The number of carbonyl (C=O) groups is 1. The van der Waals surface area contributed by atoms with E-state index >= 15 is 0 Å². The summed E-state index contributed by atoms with van der Waals surface area (Å²) in [5, 5.41) is 2.89. The van der Waals surface area contributed by atoms with Crippen molar-refractivity contribution in [3.63, 3.8) is 0 Å². The van der Waals surface area contributed by atoms with E-state index in [1.165, 1.54) is 12.8 Å². The normalized spacial score (nSPS) is 19.4. The Labute approximate surface area is 120 Å². The van der Waals surface area contributed by atoms with Crippen molar-refractivity contribution in [2.24, 2.45) is 0 Å². The van der Waals surface area contributed by atoms with Crippen LogP contribution in [0.2, 0.25) is 0 Å². The first-order chi connectivity index (χ1) is 9.56. The summed E-state index contributed by atoms with van der Waals surface area (Å²) in [6, 6.07) is 7.83. The topological polar surface area (TPSA) is 61.6 Å². The summed E-state index contributed by atoms with van der Waals surface area (Å²) in [6.45, 7) is 2.43. The molecule has 0 saturated carbocycles. The highest BCUT2D eigenvalue weighted by Gasteiger charge is 2.26. The lowest BCUT2D eigenvalue weighted by Gasteiger charge is -2.26. The van der Waals surface area contributed by atoms with Gasteiger partial charge < -0.3 is 16.0 Å². The highest BCUT2D eigenvalue weighted by Crippen LogP contribution is 2.19. The van der Waals surface area contributed by atoms with Crippen molar-refractivity contribution >= 4 is 17.3 Å². The third kappa shape index (κ3) is 3.95. The van der Waals surface area contributed by atoms with E-state index in [0.717, 1.165) is 13.1 Å². The highest BCUT2D eigenvalue weighted by atomic mass is 16.2. The Morgan fingerprint density at radius 1 is 1.45 bits per heavy atom. The number of benzene rings is 1. The summed E-state index contributed by atoms with van der Waals surface area (Å²) in [4.78, 5) is 16.6. The molecule has 3 N–H and O–H groups in total. The van der Waals surface area contributed by atoms with E-state index in [9.17, 15) is 4.79 Å². The van der Waals surface area contributed by atoms with Crippen molar-refractivity contribution in [1.29, 1.82) is 0 Å². The number of carbonyl (C=O) groups excluding carboxylic acids is 1. The van der Waals surface area contributed by atoms with Crippen molar-refractivity contribution in [1.82, 2.24) is 9.80 Å². The SMILES string of the molecule is CN(C)CC1CCCN1CC(=O)Nc1ccccc1N. The number of nitrogens with zero attached hydrogens (tertiary/aromatic N) is 2. The van der Waals surface area contributed by atoms with Crippen molar-refractivity contribution in [3.8, 4) is 0 Å². The van der Waals surface area contributed by atoms with Gasteiger partial charge in [-0.1, -0.05) is 12.1 Å². The van der Waals surface area contributed by atoms with Gasteiger partial charge in [-0.2, -0.15) is 0 Å². The molecule has 1 unspecified atom stereocenters. The third-order valence-electron chi connectivity index (χ3n) is 3.66. The molecule has 0 aromatic heterocycles. The molecule has 1 fully saturated rings. The summed E-state index contributed by atoms with van der Waals surface area (Å²) in [6.07, 6.45) is 2.33. The van der Waals surface area contributed by atoms with Crippen LogP contribution in [0.5, 0.6) is 0 Å². The van der Waals surface area contributed by atoms with Gasteiger partial charge in [-0.3, -0.25) is 9.69 Å². The molecular formula is C15H24N4O. The number of nitrogens with two attached hydrogens (primary N) is 1. The summed E-state index contributed by atoms with van der Waals surface area (Å²) in [5.74, 6) is 0.00792. The van der Waals surface area contributed by atoms with E-state index < -0.39 is 0 Å². The molecule has 0 radical (unpaired) electrons. The minimum Gasteiger partial charge on any atom is -0.397 e. The van der Waals surface area contributed by atoms with Gasteiger partial charge in [0.05, 0.1) is 17.9 Å².